The molecule has 1 fully saturated rings. The summed E-state index contributed by atoms with van der Waals surface area (Å²) in [7, 11) is 7.91. The first-order valence-electron chi connectivity index (χ1n) is 7.20. The molecule has 1 saturated heterocycles. The molecule has 6 heteroatoms. The Labute approximate surface area is 125 Å². The van der Waals surface area contributed by atoms with E-state index >= 15 is 0 Å². The Morgan fingerprint density at radius 1 is 1.50 bits per heavy atom. The Morgan fingerprint density at radius 2 is 2.30 bits per heavy atom. The fourth-order valence-corrected chi connectivity index (χ4v) is 3.54. The fourth-order valence-electron chi connectivity index (χ4n) is 2.62. The third kappa shape index (κ3) is 4.07. The number of nitrogens with one attached hydrogen (secondary N) is 1. The van der Waals surface area contributed by atoms with E-state index in [0.29, 0.717) is 0 Å². The van der Waals surface area contributed by atoms with Crippen molar-refractivity contribution in [1.82, 2.24) is 15.2 Å². The molecule has 1 N–H and O–H groups in total. The zero-order chi connectivity index (χ0) is 14.5. The van der Waals surface area contributed by atoms with E-state index in [2.05, 4.69) is 22.2 Å². The quantitative estimate of drug-likeness (QED) is 0.865. The van der Waals surface area contributed by atoms with Gasteiger partial charge in [0.25, 0.3) is 0 Å². The van der Waals surface area contributed by atoms with Gasteiger partial charge in [0.1, 0.15) is 0 Å². The smallest absolute Gasteiger partial charge is 0.230 e. The Hall–Kier alpha value is -0.850. The van der Waals surface area contributed by atoms with Gasteiger partial charge in [-0.05, 0) is 38.9 Å². The monoisotopic (exact) mass is 298 g/mol. The van der Waals surface area contributed by atoms with Crippen molar-refractivity contribution in [3.63, 3.8) is 0 Å². The first-order valence-corrected chi connectivity index (χ1v) is 8.02. The maximum Gasteiger partial charge on any atom is 0.230 e. The van der Waals surface area contributed by atoms with Crippen molar-refractivity contribution in [2.75, 3.05) is 52.8 Å². The second kappa shape index (κ2) is 7.24. The number of thiazole rings is 1. The van der Waals surface area contributed by atoms with Gasteiger partial charge in [-0.3, -0.25) is 0 Å². The highest BCUT2D eigenvalue weighted by atomic mass is 32.1. The summed E-state index contributed by atoms with van der Waals surface area (Å²) in [6, 6.07) is 0. The van der Waals surface area contributed by atoms with E-state index in [0.717, 1.165) is 30.0 Å². The number of nitrogens with zero attached hydrogens (tertiary/aromatic N) is 3. The standard InChI is InChI=1S/C14H26N4OS/c1-17(2)14-16-13(19-4)12(20-14)9-15-8-11-6-5-7-18(3)10-11/h11,15H,5-10H2,1-4H3. The Bertz CT molecular complexity index is 421. The molecule has 2 heterocycles. The minimum absolute atomic E-state index is 0.756. The summed E-state index contributed by atoms with van der Waals surface area (Å²) < 4.78 is 5.36. The summed E-state index contributed by atoms with van der Waals surface area (Å²) in [6.45, 7) is 4.36. The highest BCUT2D eigenvalue weighted by Gasteiger charge is 2.17. The van der Waals surface area contributed by atoms with Crippen LogP contribution >= 0.6 is 11.3 Å². The molecule has 0 amide bonds. The van der Waals surface area contributed by atoms with Crippen LogP contribution < -0.4 is 15.0 Å². The maximum absolute atomic E-state index is 5.36. The molecule has 114 valence electrons. The summed E-state index contributed by atoms with van der Waals surface area (Å²) in [5.41, 5.74) is 0. The second-order valence-electron chi connectivity index (χ2n) is 5.72. The zero-order valence-electron chi connectivity index (χ0n) is 13.0. The minimum atomic E-state index is 0.756. The molecule has 0 bridgehead atoms. The lowest BCUT2D eigenvalue weighted by Crippen LogP contribution is -2.37. The maximum atomic E-state index is 5.36. The molecule has 1 atom stereocenters. The molecule has 5 nitrogen and oxygen atoms in total. The van der Waals surface area contributed by atoms with Crippen molar-refractivity contribution in [2.24, 2.45) is 5.92 Å². The Morgan fingerprint density at radius 3 is 2.95 bits per heavy atom. The van der Waals surface area contributed by atoms with Gasteiger partial charge in [-0.15, -0.1) is 0 Å². The van der Waals surface area contributed by atoms with Gasteiger partial charge in [0.2, 0.25) is 5.88 Å². The summed E-state index contributed by atoms with van der Waals surface area (Å²) >= 11 is 1.70. The first kappa shape index (κ1) is 15.5. The number of likely N-dealkylation sites (tertiary alicyclic amines) is 1. The third-order valence-electron chi connectivity index (χ3n) is 3.67. The van der Waals surface area contributed by atoms with Crippen molar-refractivity contribution in [2.45, 2.75) is 19.4 Å². The number of aromatic nitrogens is 1. The molecule has 1 aliphatic heterocycles. The van der Waals surface area contributed by atoms with Gasteiger partial charge in [0.15, 0.2) is 5.13 Å². The molecular formula is C14H26N4OS. The number of hydrogen-bond donors (Lipinski definition) is 1. The van der Waals surface area contributed by atoms with Crippen molar-refractivity contribution >= 4 is 16.5 Å². The molecule has 0 aromatic carbocycles. The minimum Gasteiger partial charge on any atom is -0.480 e. The van der Waals surface area contributed by atoms with Gasteiger partial charge < -0.3 is 19.9 Å². The van der Waals surface area contributed by atoms with Crippen LogP contribution in [0.5, 0.6) is 5.88 Å². The number of anilines is 1. The van der Waals surface area contributed by atoms with Crippen molar-refractivity contribution < 1.29 is 4.74 Å². The SMILES string of the molecule is COc1nc(N(C)C)sc1CNCC1CCCN(C)C1. The molecule has 0 saturated carbocycles. The predicted octanol–water partition coefficient (Wildman–Crippen LogP) is 1.65. The van der Waals surface area contributed by atoms with Crippen LogP contribution in [0.3, 0.4) is 0 Å². The van der Waals surface area contributed by atoms with E-state index in [9.17, 15) is 0 Å². The van der Waals surface area contributed by atoms with Crippen LogP contribution in [0, 0.1) is 5.92 Å². The molecule has 0 spiro atoms. The number of hydrogen-bond acceptors (Lipinski definition) is 6. The van der Waals surface area contributed by atoms with Crippen LogP contribution in [-0.4, -0.2) is 57.8 Å². The Kier molecular flexibility index (Phi) is 5.63. The molecule has 1 aliphatic rings. The molecule has 0 aliphatic carbocycles. The van der Waals surface area contributed by atoms with Gasteiger partial charge in [-0.25, -0.2) is 0 Å². The Balaban J connectivity index is 1.84. The van der Waals surface area contributed by atoms with Crippen molar-refractivity contribution in [3.8, 4) is 5.88 Å². The van der Waals surface area contributed by atoms with Crippen molar-refractivity contribution in [1.29, 1.82) is 0 Å². The number of rotatable bonds is 6. The summed E-state index contributed by atoms with van der Waals surface area (Å²) in [6.07, 6.45) is 2.65. The van der Waals surface area contributed by atoms with Crippen molar-refractivity contribution in [3.05, 3.63) is 4.88 Å². The van der Waals surface area contributed by atoms with E-state index in [-0.39, 0.29) is 0 Å². The second-order valence-corrected chi connectivity index (χ2v) is 6.79. The zero-order valence-corrected chi connectivity index (χ0v) is 13.8. The van der Waals surface area contributed by atoms with Crippen LogP contribution in [0.2, 0.25) is 0 Å². The molecule has 2 rings (SSSR count). The van der Waals surface area contributed by atoms with Gasteiger partial charge >= 0.3 is 0 Å². The van der Waals surface area contributed by atoms with E-state index in [1.165, 1.54) is 30.8 Å². The number of methoxy groups -OCH3 is 1. The summed E-state index contributed by atoms with van der Waals surface area (Å²) in [5, 5.41) is 4.56. The summed E-state index contributed by atoms with van der Waals surface area (Å²) in [4.78, 5) is 10.1. The van der Waals surface area contributed by atoms with E-state index < -0.39 is 0 Å². The predicted molar refractivity (Wildman–Crippen MR) is 84.9 cm³/mol. The van der Waals surface area contributed by atoms with Crippen LogP contribution in [0.4, 0.5) is 5.13 Å². The number of ether oxygens (including phenoxy) is 1. The topological polar surface area (TPSA) is 40.6 Å². The summed E-state index contributed by atoms with van der Waals surface area (Å²) in [5.74, 6) is 1.52. The highest BCUT2D eigenvalue weighted by Crippen LogP contribution is 2.30. The third-order valence-corrected chi connectivity index (χ3v) is 4.87. The molecule has 1 unspecified atom stereocenters. The normalized spacial score (nSPS) is 20.1. The van der Waals surface area contributed by atoms with Crippen LogP contribution in [0.25, 0.3) is 0 Å². The van der Waals surface area contributed by atoms with Crippen LogP contribution in [0.1, 0.15) is 17.7 Å². The molecule has 1 aromatic rings. The average molecular weight is 298 g/mol. The fraction of sp³-hybridized carbons (Fsp3) is 0.786. The molecule has 20 heavy (non-hydrogen) atoms. The van der Waals surface area contributed by atoms with Gasteiger partial charge in [-0.1, -0.05) is 11.3 Å². The lowest BCUT2D eigenvalue weighted by atomic mass is 9.98. The largest absolute Gasteiger partial charge is 0.480 e. The molecule has 1 aromatic heterocycles. The molecular weight excluding hydrogens is 272 g/mol. The van der Waals surface area contributed by atoms with E-state index in [4.69, 9.17) is 4.74 Å². The lowest BCUT2D eigenvalue weighted by Gasteiger charge is -2.29. The highest BCUT2D eigenvalue weighted by molar-refractivity contribution is 7.15. The van der Waals surface area contributed by atoms with Gasteiger partial charge in [0.05, 0.1) is 12.0 Å². The van der Waals surface area contributed by atoms with Crippen LogP contribution in [-0.2, 0) is 6.54 Å². The first-order chi connectivity index (χ1) is 9.60. The van der Waals surface area contributed by atoms with Gasteiger partial charge in [0, 0.05) is 27.2 Å². The number of piperidine rings is 1. The van der Waals surface area contributed by atoms with Crippen LogP contribution in [0.15, 0.2) is 0 Å². The molecule has 0 radical (unpaired) electrons. The van der Waals surface area contributed by atoms with E-state index in [1.807, 2.05) is 19.0 Å². The lowest BCUT2D eigenvalue weighted by molar-refractivity contribution is 0.206. The van der Waals surface area contributed by atoms with Gasteiger partial charge in [-0.2, -0.15) is 4.98 Å². The average Bonchev–Trinajstić information content (AvgIpc) is 2.82. The van der Waals surface area contributed by atoms with E-state index in [1.54, 1.807) is 18.4 Å².